The average molecular weight is 314 g/mol. The van der Waals surface area contributed by atoms with Crippen LogP contribution in [-0.2, 0) is 14.8 Å². The van der Waals surface area contributed by atoms with Crippen LogP contribution in [0.3, 0.4) is 0 Å². The molecule has 1 aromatic carbocycles. The molecule has 1 fully saturated rings. The fourth-order valence-corrected chi connectivity index (χ4v) is 3.25. The molecule has 1 saturated carbocycles. The molecule has 0 saturated heterocycles. The number of rotatable bonds is 6. The van der Waals surface area contributed by atoms with Gasteiger partial charge in [0.05, 0.1) is 11.4 Å². The quantitative estimate of drug-likeness (QED) is 0.804. The van der Waals surface area contributed by atoms with Gasteiger partial charge in [0.25, 0.3) is 0 Å². The van der Waals surface area contributed by atoms with Crippen molar-refractivity contribution in [1.29, 1.82) is 0 Å². The van der Waals surface area contributed by atoms with Gasteiger partial charge >= 0.3 is 0 Å². The molecule has 0 heterocycles. The minimum Gasteiger partial charge on any atom is -0.352 e. The fraction of sp³-hybridized carbons (Fsp3) is 0.462. The lowest BCUT2D eigenvalue weighted by Gasteiger charge is -2.17. The first-order valence-corrected chi connectivity index (χ1v) is 8.99. The monoisotopic (exact) mass is 314 g/mol. The first-order valence-electron chi connectivity index (χ1n) is 6.33. The molecular formula is C13H18N2O3S2. The summed E-state index contributed by atoms with van der Waals surface area (Å²) in [6.07, 6.45) is 3.90. The summed E-state index contributed by atoms with van der Waals surface area (Å²) in [6, 6.07) is 6.89. The molecule has 1 aliphatic rings. The standard InChI is InChI=1S/C13H18N2O3S2/c1-15(9-13(16)14-10-3-4-10)20(17,18)12-7-5-11(19-2)6-8-12/h5-8,10H,3-4,9H2,1-2H3,(H,14,16). The Bertz CT molecular complexity index is 580. The van der Waals surface area contributed by atoms with Crippen LogP contribution in [0.5, 0.6) is 0 Å². The van der Waals surface area contributed by atoms with E-state index in [1.807, 2.05) is 6.26 Å². The van der Waals surface area contributed by atoms with Crippen LogP contribution in [0.4, 0.5) is 0 Å². The van der Waals surface area contributed by atoms with Crippen LogP contribution in [0.25, 0.3) is 0 Å². The van der Waals surface area contributed by atoms with E-state index in [1.54, 1.807) is 36.0 Å². The van der Waals surface area contributed by atoms with E-state index >= 15 is 0 Å². The third-order valence-electron chi connectivity index (χ3n) is 3.08. The van der Waals surface area contributed by atoms with Gasteiger partial charge in [-0.2, -0.15) is 4.31 Å². The van der Waals surface area contributed by atoms with Gasteiger partial charge in [0, 0.05) is 18.0 Å². The summed E-state index contributed by atoms with van der Waals surface area (Å²) in [4.78, 5) is 12.9. The average Bonchev–Trinajstić information content (AvgIpc) is 3.22. The van der Waals surface area contributed by atoms with E-state index in [0.29, 0.717) is 0 Å². The second kappa shape index (κ2) is 6.15. The third-order valence-corrected chi connectivity index (χ3v) is 5.64. The number of sulfonamides is 1. The molecule has 7 heteroatoms. The van der Waals surface area contributed by atoms with Crippen molar-refractivity contribution in [3.63, 3.8) is 0 Å². The second-order valence-corrected chi connectivity index (χ2v) is 7.70. The van der Waals surface area contributed by atoms with Crippen LogP contribution in [0.2, 0.25) is 0 Å². The Hall–Kier alpha value is -1.05. The number of nitrogens with zero attached hydrogens (tertiary/aromatic N) is 1. The molecule has 0 bridgehead atoms. The van der Waals surface area contributed by atoms with Crippen LogP contribution < -0.4 is 5.32 Å². The van der Waals surface area contributed by atoms with Gasteiger partial charge in [-0.05, 0) is 43.4 Å². The molecule has 2 rings (SSSR count). The summed E-state index contributed by atoms with van der Waals surface area (Å²) in [5, 5.41) is 2.78. The van der Waals surface area contributed by atoms with Crippen molar-refractivity contribution in [3.05, 3.63) is 24.3 Å². The Morgan fingerprint density at radius 3 is 2.45 bits per heavy atom. The number of likely N-dealkylation sites (N-methyl/N-ethyl adjacent to an activating group) is 1. The molecule has 5 nitrogen and oxygen atoms in total. The molecule has 0 radical (unpaired) electrons. The second-order valence-electron chi connectivity index (χ2n) is 4.78. The van der Waals surface area contributed by atoms with Gasteiger partial charge in [0.1, 0.15) is 0 Å². The van der Waals surface area contributed by atoms with E-state index in [2.05, 4.69) is 5.32 Å². The first kappa shape index (κ1) is 15.3. The van der Waals surface area contributed by atoms with Gasteiger partial charge < -0.3 is 5.32 Å². The van der Waals surface area contributed by atoms with Crippen molar-refractivity contribution in [3.8, 4) is 0 Å². The van der Waals surface area contributed by atoms with E-state index in [4.69, 9.17) is 0 Å². The smallest absolute Gasteiger partial charge is 0.243 e. The highest BCUT2D eigenvalue weighted by atomic mass is 32.2. The Balaban J connectivity index is 2.05. The van der Waals surface area contributed by atoms with Crippen molar-refractivity contribution in [2.75, 3.05) is 19.8 Å². The maximum absolute atomic E-state index is 12.3. The fourth-order valence-electron chi connectivity index (χ4n) is 1.72. The van der Waals surface area contributed by atoms with Gasteiger partial charge in [-0.25, -0.2) is 8.42 Å². The normalized spacial score (nSPS) is 15.3. The lowest BCUT2D eigenvalue weighted by atomic mass is 10.4. The highest BCUT2D eigenvalue weighted by molar-refractivity contribution is 7.98. The van der Waals surface area contributed by atoms with Crippen molar-refractivity contribution in [2.24, 2.45) is 0 Å². The maximum Gasteiger partial charge on any atom is 0.243 e. The maximum atomic E-state index is 12.3. The van der Waals surface area contributed by atoms with Crippen molar-refractivity contribution in [2.45, 2.75) is 28.7 Å². The molecule has 110 valence electrons. The number of hydrogen-bond donors (Lipinski definition) is 1. The molecule has 1 N–H and O–H groups in total. The van der Waals surface area contributed by atoms with Gasteiger partial charge in [-0.15, -0.1) is 11.8 Å². The molecule has 0 aromatic heterocycles. The summed E-state index contributed by atoms with van der Waals surface area (Å²) in [5.74, 6) is -0.251. The zero-order valence-corrected chi connectivity index (χ0v) is 13.1. The first-order chi connectivity index (χ1) is 9.43. The zero-order chi connectivity index (χ0) is 14.8. The molecule has 1 aromatic rings. The van der Waals surface area contributed by atoms with Crippen LogP contribution in [-0.4, -0.2) is 44.5 Å². The SMILES string of the molecule is CSc1ccc(S(=O)(=O)N(C)CC(=O)NC2CC2)cc1. The zero-order valence-electron chi connectivity index (χ0n) is 11.5. The lowest BCUT2D eigenvalue weighted by Crippen LogP contribution is -2.39. The van der Waals surface area contributed by atoms with Crippen molar-refractivity contribution in [1.82, 2.24) is 9.62 Å². The summed E-state index contributed by atoms with van der Waals surface area (Å²) in [5.41, 5.74) is 0. The minimum absolute atomic E-state index is 0.150. The predicted octanol–water partition coefficient (Wildman–Crippen LogP) is 1.31. The molecule has 0 unspecified atom stereocenters. The number of amides is 1. The number of nitrogens with one attached hydrogen (secondary N) is 1. The molecule has 0 aliphatic heterocycles. The number of carbonyl (C=O) groups is 1. The highest BCUT2D eigenvalue weighted by Gasteiger charge is 2.27. The molecule has 0 spiro atoms. The van der Waals surface area contributed by atoms with E-state index < -0.39 is 10.0 Å². The summed E-state index contributed by atoms with van der Waals surface area (Å²) < 4.78 is 25.7. The summed E-state index contributed by atoms with van der Waals surface area (Å²) in [7, 11) is -2.19. The minimum atomic E-state index is -3.61. The molecule has 1 amide bonds. The van der Waals surface area contributed by atoms with Crippen molar-refractivity contribution < 1.29 is 13.2 Å². The Labute approximate surface area is 123 Å². The Kier molecular flexibility index (Phi) is 4.72. The van der Waals surface area contributed by atoms with Gasteiger partial charge in [-0.1, -0.05) is 0 Å². The van der Waals surface area contributed by atoms with Crippen LogP contribution >= 0.6 is 11.8 Å². The number of thioether (sulfide) groups is 1. The van der Waals surface area contributed by atoms with Crippen LogP contribution in [0, 0.1) is 0 Å². The molecular weight excluding hydrogens is 296 g/mol. The Morgan fingerprint density at radius 1 is 1.35 bits per heavy atom. The predicted molar refractivity (Wildman–Crippen MR) is 79.2 cm³/mol. The van der Waals surface area contributed by atoms with E-state index in [1.165, 1.54) is 7.05 Å². The molecule has 20 heavy (non-hydrogen) atoms. The van der Waals surface area contributed by atoms with Crippen molar-refractivity contribution >= 4 is 27.7 Å². The molecule has 1 aliphatic carbocycles. The van der Waals surface area contributed by atoms with E-state index in [0.717, 1.165) is 22.0 Å². The van der Waals surface area contributed by atoms with Gasteiger partial charge in [-0.3, -0.25) is 4.79 Å². The lowest BCUT2D eigenvalue weighted by molar-refractivity contribution is -0.121. The highest BCUT2D eigenvalue weighted by Crippen LogP contribution is 2.20. The third kappa shape index (κ3) is 3.74. The number of carbonyl (C=O) groups excluding carboxylic acids is 1. The molecule has 0 atom stereocenters. The van der Waals surface area contributed by atoms with Gasteiger partial charge in [0.2, 0.25) is 15.9 Å². The number of benzene rings is 1. The number of hydrogen-bond acceptors (Lipinski definition) is 4. The summed E-state index contributed by atoms with van der Waals surface area (Å²) in [6.45, 7) is -0.150. The summed E-state index contributed by atoms with van der Waals surface area (Å²) >= 11 is 1.55. The van der Waals surface area contributed by atoms with Crippen LogP contribution in [0.15, 0.2) is 34.1 Å². The van der Waals surface area contributed by atoms with E-state index in [-0.39, 0.29) is 23.4 Å². The topological polar surface area (TPSA) is 66.5 Å². The van der Waals surface area contributed by atoms with Crippen LogP contribution in [0.1, 0.15) is 12.8 Å². The van der Waals surface area contributed by atoms with Gasteiger partial charge in [0.15, 0.2) is 0 Å². The largest absolute Gasteiger partial charge is 0.352 e. The van der Waals surface area contributed by atoms with E-state index in [9.17, 15) is 13.2 Å². The Morgan fingerprint density at radius 2 is 1.95 bits per heavy atom.